The normalized spacial score (nSPS) is 28.7. The Morgan fingerprint density at radius 1 is 1.00 bits per heavy atom. The molecule has 0 aromatic carbocycles. The SMILES string of the molecule is CC(C)NC1CCC(OC(C)C)CC1. The van der Waals surface area contributed by atoms with Gasteiger partial charge in [-0.15, -0.1) is 0 Å². The topological polar surface area (TPSA) is 21.3 Å². The van der Waals surface area contributed by atoms with E-state index >= 15 is 0 Å². The van der Waals surface area contributed by atoms with E-state index in [1.54, 1.807) is 0 Å². The number of ether oxygens (including phenoxy) is 1. The molecule has 0 aromatic heterocycles. The Morgan fingerprint density at radius 2 is 1.57 bits per heavy atom. The summed E-state index contributed by atoms with van der Waals surface area (Å²) >= 11 is 0. The van der Waals surface area contributed by atoms with Gasteiger partial charge in [0.2, 0.25) is 0 Å². The molecule has 0 unspecified atom stereocenters. The molecule has 84 valence electrons. The minimum absolute atomic E-state index is 0.384. The van der Waals surface area contributed by atoms with Crippen LogP contribution in [0.5, 0.6) is 0 Å². The van der Waals surface area contributed by atoms with E-state index in [9.17, 15) is 0 Å². The monoisotopic (exact) mass is 199 g/mol. The number of hydrogen-bond acceptors (Lipinski definition) is 2. The molecule has 1 fully saturated rings. The van der Waals surface area contributed by atoms with Crippen LogP contribution in [-0.2, 0) is 4.74 Å². The molecule has 1 saturated carbocycles. The van der Waals surface area contributed by atoms with Gasteiger partial charge in [-0.2, -0.15) is 0 Å². The van der Waals surface area contributed by atoms with Crippen molar-refractivity contribution < 1.29 is 4.74 Å². The number of hydrogen-bond donors (Lipinski definition) is 1. The van der Waals surface area contributed by atoms with Crippen molar-refractivity contribution in [3.05, 3.63) is 0 Å². The zero-order valence-corrected chi connectivity index (χ0v) is 10.0. The number of nitrogens with one attached hydrogen (secondary N) is 1. The molecule has 14 heavy (non-hydrogen) atoms. The van der Waals surface area contributed by atoms with E-state index in [-0.39, 0.29) is 0 Å². The second-order valence-electron chi connectivity index (χ2n) is 4.98. The molecular weight excluding hydrogens is 174 g/mol. The van der Waals surface area contributed by atoms with Crippen LogP contribution in [0.25, 0.3) is 0 Å². The van der Waals surface area contributed by atoms with Crippen LogP contribution in [0.15, 0.2) is 0 Å². The predicted molar refractivity (Wildman–Crippen MR) is 60.5 cm³/mol. The molecule has 2 nitrogen and oxygen atoms in total. The van der Waals surface area contributed by atoms with Crippen molar-refractivity contribution in [2.45, 2.75) is 77.7 Å². The molecule has 0 heterocycles. The van der Waals surface area contributed by atoms with Gasteiger partial charge in [-0.1, -0.05) is 13.8 Å². The Kier molecular flexibility index (Phi) is 4.90. The Hall–Kier alpha value is -0.0800. The van der Waals surface area contributed by atoms with Crippen molar-refractivity contribution >= 4 is 0 Å². The lowest BCUT2D eigenvalue weighted by Crippen LogP contribution is -2.39. The summed E-state index contributed by atoms with van der Waals surface area (Å²) in [5.41, 5.74) is 0. The summed E-state index contributed by atoms with van der Waals surface area (Å²) in [6.45, 7) is 8.68. The third kappa shape index (κ3) is 4.43. The zero-order chi connectivity index (χ0) is 10.6. The van der Waals surface area contributed by atoms with E-state index in [0.29, 0.717) is 18.2 Å². The van der Waals surface area contributed by atoms with Crippen molar-refractivity contribution in [2.24, 2.45) is 0 Å². The van der Waals surface area contributed by atoms with E-state index in [1.807, 2.05) is 0 Å². The molecule has 1 rings (SSSR count). The first kappa shape index (κ1) is 12.0. The minimum atomic E-state index is 0.384. The van der Waals surface area contributed by atoms with Crippen LogP contribution in [0.2, 0.25) is 0 Å². The molecule has 1 aliphatic carbocycles. The summed E-state index contributed by atoms with van der Waals surface area (Å²) in [7, 11) is 0. The Bertz CT molecular complexity index is 130. The van der Waals surface area contributed by atoms with E-state index in [0.717, 1.165) is 6.04 Å². The Morgan fingerprint density at radius 3 is 2.00 bits per heavy atom. The summed E-state index contributed by atoms with van der Waals surface area (Å²) in [5, 5.41) is 3.60. The van der Waals surface area contributed by atoms with Crippen molar-refractivity contribution in [1.82, 2.24) is 5.32 Å². The van der Waals surface area contributed by atoms with Crippen LogP contribution in [-0.4, -0.2) is 24.3 Å². The second-order valence-corrected chi connectivity index (χ2v) is 4.98. The average molecular weight is 199 g/mol. The predicted octanol–water partition coefficient (Wildman–Crippen LogP) is 2.72. The summed E-state index contributed by atoms with van der Waals surface area (Å²) < 4.78 is 5.82. The summed E-state index contributed by atoms with van der Waals surface area (Å²) in [5.74, 6) is 0. The van der Waals surface area contributed by atoms with Gasteiger partial charge in [0.05, 0.1) is 12.2 Å². The fourth-order valence-electron chi connectivity index (χ4n) is 2.22. The highest BCUT2D eigenvalue weighted by Gasteiger charge is 2.22. The highest BCUT2D eigenvalue weighted by atomic mass is 16.5. The van der Waals surface area contributed by atoms with Gasteiger partial charge < -0.3 is 10.1 Å². The van der Waals surface area contributed by atoms with E-state index in [2.05, 4.69) is 33.0 Å². The van der Waals surface area contributed by atoms with Gasteiger partial charge in [0.15, 0.2) is 0 Å². The molecule has 0 spiro atoms. The molecule has 0 bridgehead atoms. The van der Waals surface area contributed by atoms with Crippen molar-refractivity contribution in [1.29, 1.82) is 0 Å². The molecule has 0 radical (unpaired) electrons. The molecule has 0 saturated heterocycles. The molecule has 1 aliphatic rings. The van der Waals surface area contributed by atoms with Crippen molar-refractivity contribution in [3.63, 3.8) is 0 Å². The average Bonchev–Trinajstić information content (AvgIpc) is 2.06. The zero-order valence-electron chi connectivity index (χ0n) is 10.0. The molecule has 0 aliphatic heterocycles. The number of rotatable bonds is 4. The summed E-state index contributed by atoms with van der Waals surface area (Å²) in [4.78, 5) is 0. The molecule has 2 heteroatoms. The van der Waals surface area contributed by atoms with Crippen LogP contribution in [0.3, 0.4) is 0 Å². The lowest BCUT2D eigenvalue weighted by molar-refractivity contribution is -0.0165. The maximum atomic E-state index is 5.82. The standard InChI is InChI=1S/C12H25NO/c1-9(2)13-11-5-7-12(8-6-11)14-10(3)4/h9-13H,5-8H2,1-4H3. The third-order valence-electron chi connectivity index (χ3n) is 2.71. The maximum absolute atomic E-state index is 5.82. The summed E-state index contributed by atoms with van der Waals surface area (Å²) in [6, 6.07) is 1.34. The quantitative estimate of drug-likeness (QED) is 0.751. The van der Waals surface area contributed by atoms with Gasteiger partial charge >= 0.3 is 0 Å². The van der Waals surface area contributed by atoms with E-state index in [1.165, 1.54) is 25.7 Å². The lowest BCUT2D eigenvalue weighted by Gasteiger charge is -2.31. The van der Waals surface area contributed by atoms with Crippen LogP contribution >= 0.6 is 0 Å². The van der Waals surface area contributed by atoms with Gasteiger partial charge in [-0.25, -0.2) is 0 Å². The smallest absolute Gasteiger partial charge is 0.0579 e. The van der Waals surface area contributed by atoms with Crippen LogP contribution in [0, 0.1) is 0 Å². The third-order valence-corrected chi connectivity index (χ3v) is 2.71. The largest absolute Gasteiger partial charge is 0.376 e. The minimum Gasteiger partial charge on any atom is -0.376 e. The van der Waals surface area contributed by atoms with Crippen LogP contribution in [0.4, 0.5) is 0 Å². The van der Waals surface area contributed by atoms with Crippen LogP contribution in [0.1, 0.15) is 53.4 Å². The first-order valence-electron chi connectivity index (χ1n) is 5.99. The highest BCUT2D eigenvalue weighted by molar-refractivity contribution is 4.78. The Balaban J connectivity index is 2.17. The fraction of sp³-hybridized carbons (Fsp3) is 1.00. The van der Waals surface area contributed by atoms with Gasteiger partial charge in [0.25, 0.3) is 0 Å². The highest BCUT2D eigenvalue weighted by Crippen LogP contribution is 2.22. The van der Waals surface area contributed by atoms with Gasteiger partial charge in [-0.05, 0) is 39.5 Å². The fourth-order valence-corrected chi connectivity index (χ4v) is 2.22. The first-order chi connectivity index (χ1) is 6.58. The molecule has 0 atom stereocenters. The van der Waals surface area contributed by atoms with Crippen molar-refractivity contribution in [2.75, 3.05) is 0 Å². The van der Waals surface area contributed by atoms with E-state index in [4.69, 9.17) is 4.74 Å². The molecular formula is C12H25NO. The van der Waals surface area contributed by atoms with Crippen molar-refractivity contribution in [3.8, 4) is 0 Å². The van der Waals surface area contributed by atoms with Gasteiger partial charge in [0, 0.05) is 12.1 Å². The molecule has 1 N–H and O–H groups in total. The molecule has 0 aromatic rings. The molecule has 0 amide bonds. The first-order valence-corrected chi connectivity index (χ1v) is 5.99. The van der Waals surface area contributed by atoms with Gasteiger partial charge in [0.1, 0.15) is 0 Å². The van der Waals surface area contributed by atoms with Crippen LogP contribution < -0.4 is 5.32 Å². The lowest BCUT2D eigenvalue weighted by atomic mass is 9.92. The van der Waals surface area contributed by atoms with Gasteiger partial charge in [-0.3, -0.25) is 0 Å². The summed E-state index contributed by atoms with van der Waals surface area (Å²) in [6.07, 6.45) is 5.89. The Labute approximate surface area is 88.4 Å². The maximum Gasteiger partial charge on any atom is 0.0579 e. The second kappa shape index (κ2) is 5.72. The van der Waals surface area contributed by atoms with E-state index < -0.39 is 0 Å².